The van der Waals surface area contributed by atoms with Crippen molar-refractivity contribution < 1.29 is 17.9 Å². The van der Waals surface area contributed by atoms with Gasteiger partial charge in [-0.3, -0.25) is 0 Å². The van der Waals surface area contributed by atoms with Gasteiger partial charge in [-0.05, 0) is 55.6 Å². The maximum Gasteiger partial charge on any atom is 0.208 e. The largest absolute Gasteiger partial charge is 0.493 e. The van der Waals surface area contributed by atoms with Gasteiger partial charge in [0.25, 0.3) is 0 Å². The van der Waals surface area contributed by atoms with Crippen molar-refractivity contribution in [1.82, 2.24) is 4.72 Å². The van der Waals surface area contributed by atoms with Crippen molar-refractivity contribution in [2.75, 3.05) is 19.5 Å². The van der Waals surface area contributed by atoms with E-state index in [9.17, 15) is 8.42 Å². The zero-order chi connectivity index (χ0) is 19.7. The van der Waals surface area contributed by atoms with Crippen molar-refractivity contribution in [2.24, 2.45) is 11.8 Å². The second kappa shape index (κ2) is 8.37. The summed E-state index contributed by atoms with van der Waals surface area (Å²) in [5, 5.41) is 0. The predicted octanol–water partition coefficient (Wildman–Crippen LogP) is 3.02. The molecule has 2 aliphatic carbocycles. The highest BCUT2D eigenvalue weighted by Gasteiger charge is 2.38. The smallest absolute Gasteiger partial charge is 0.208 e. The Morgan fingerprint density at radius 3 is 2.71 bits per heavy atom. The summed E-state index contributed by atoms with van der Waals surface area (Å²) in [6.07, 6.45) is 7.07. The lowest BCUT2D eigenvalue weighted by Gasteiger charge is -2.41. The van der Waals surface area contributed by atoms with E-state index in [-0.39, 0.29) is 29.8 Å². The first-order chi connectivity index (χ1) is 13.4. The molecule has 0 amide bonds. The summed E-state index contributed by atoms with van der Waals surface area (Å²) in [7, 11) is 3.27. The number of nitrogens with one attached hydrogen (secondary N) is 1. The van der Waals surface area contributed by atoms with E-state index in [0.29, 0.717) is 19.1 Å². The minimum Gasteiger partial charge on any atom is -0.493 e. The molecule has 1 aromatic carbocycles. The van der Waals surface area contributed by atoms with Crippen LogP contribution in [0.2, 0.25) is 5.82 Å². The predicted molar refractivity (Wildman–Crippen MR) is 110 cm³/mol. The van der Waals surface area contributed by atoms with Crippen molar-refractivity contribution in [3.05, 3.63) is 29.8 Å². The van der Waals surface area contributed by atoms with Gasteiger partial charge in [0, 0.05) is 12.0 Å². The molecule has 2 bridgehead atoms. The molecule has 1 aromatic rings. The summed E-state index contributed by atoms with van der Waals surface area (Å²) in [5.74, 6) is 1.67. The molecule has 5 nitrogen and oxygen atoms in total. The van der Waals surface area contributed by atoms with Gasteiger partial charge in [-0.15, -0.1) is 0 Å². The molecular formula is C21H30BNO4S. The maximum absolute atomic E-state index is 11.9. The van der Waals surface area contributed by atoms with E-state index in [4.69, 9.17) is 17.3 Å². The molecule has 2 aliphatic heterocycles. The third-order valence-corrected chi connectivity index (χ3v) is 7.46. The fourth-order valence-electron chi connectivity index (χ4n) is 5.30. The average molecular weight is 403 g/mol. The van der Waals surface area contributed by atoms with E-state index >= 15 is 0 Å². The summed E-state index contributed by atoms with van der Waals surface area (Å²) in [5.41, 5.74) is 1.20. The number of para-hydroxylation sites is 1. The fourth-order valence-corrected chi connectivity index (χ4v) is 6.14. The summed E-state index contributed by atoms with van der Waals surface area (Å²) >= 11 is 0. The fraction of sp³-hybridized carbons (Fsp3) is 0.714. The average Bonchev–Trinajstić information content (AvgIpc) is 2.64. The molecule has 152 valence electrons. The van der Waals surface area contributed by atoms with Crippen LogP contribution in [0.25, 0.3) is 0 Å². The van der Waals surface area contributed by atoms with E-state index in [1.165, 1.54) is 11.8 Å². The van der Waals surface area contributed by atoms with Gasteiger partial charge >= 0.3 is 0 Å². The summed E-state index contributed by atoms with van der Waals surface area (Å²) in [4.78, 5) is 0. The van der Waals surface area contributed by atoms with Gasteiger partial charge < -0.3 is 9.47 Å². The van der Waals surface area contributed by atoms with E-state index < -0.39 is 10.0 Å². The van der Waals surface area contributed by atoms with Crippen LogP contribution in [-0.4, -0.2) is 47.9 Å². The Labute approximate surface area is 170 Å². The SMILES string of the molecule is [B]C1C[C@H]2CC[C@@H]1c1ccccc1OCC1CCC[C@H](NS(C)(=O)=O)[C@@H]1CO2. The topological polar surface area (TPSA) is 64.6 Å². The molecule has 28 heavy (non-hydrogen) atoms. The van der Waals surface area contributed by atoms with Crippen molar-refractivity contribution in [3.8, 4) is 5.75 Å². The van der Waals surface area contributed by atoms with Crippen molar-refractivity contribution in [2.45, 2.75) is 62.4 Å². The van der Waals surface area contributed by atoms with E-state index in [1.807, 2.05) is 12.1 Å². The maximum atomic E-state index is 11.9. The highest BCUT2D eigenvalue weighted by Crippen LogP contribution is 2.45. The highest BCUT2D eigenvalue weighted by molar-refractivity contribution is 7.88. The number of benzene rings is 1. The van der Waals surface area contributed by atoms with Crippen LogP contribution in [0, 0.1) is 11.8 Å². The molecule has 2 radical (unpaired) electrons. The Bertz CT molecular complexity index is 786. The molecule has 6 atom stereocenters. The lowest BCUT2D eigenvalue weighted by molar-refractivity contribution is -0.0295. The Balaban J connectivity index is 1.62. The quantitative estimate of drug-likeness (QED) is 0.772. The third kappa shape index (κ3) is 4.57. The normalized spacial score (nSPS) is 36.3. The second-order valence-electron chi connectivity index (χ2n) is 8.74. The molecule has 0 saturated heterocycles. The van der Waals surface area contributed by atoms with Gasteiger partial charge in [-0.1, -0.05) is 30.4 Å². The summed E-state index contributed by atoms with van der Waals surface area (Å²) in [6, 6.07) is 8.15. The zero-order valence-corrected chi connectivity index (χ0v) is 17.4. The van der Waals surface area contributed by atoms with Crippen LogP contribution < -0.4 is 9.46 Å². The lowest BCUT2D eigenvalue weighted by Crippen LogP contribution is -2.48. The van der Waals surface area contributed by atoms with Crippen LogP contribution in [0.4, 0.5) is 0 Å². The second-order valence-corrected chi connectivity index (χ2v) is 10.5. The molecule has 2 unspecified atom stereocenters. The minimum atomic E-state index is -3.26. The molecule has 5 rings (SSSR count). The highest BCUT2D eigenvalue weighted by atomic mass is 32.2. The number of fused-ring (bicyclic) bond motifs is 4. The molecule has 2 fully saturated rings. The van der Waals surface area contributed by atoms with Crippen LogP contribution in [0.5, 0.6) is 5.75 Å². The first-order valence-corrected chi connectivity index (χ1v) is 12.4. The first-order valence-electron chi connectivity index (χ1n) is 10.5. The number of hydrogen-bond acceptors (Lipinski definition) is 4. The van der Waals surface area contributed by atoms with Crippen molar-refractivity contribution in [1.29, 1.82) is 0 Å². The van der Waals surface area contributed by atoms with Gasteiger partial charge in [0.15, 0.2) is 0 Å². The third-order valence-electron chi connectivity index (χ3n) is 6.73. The molecule has 2 heterocycles. The molecule has 0 aromatic heterocycles. The van der Waals surface area contributed by atoms with E-state index in [0.717, 1.165) is 44.3 Å². The lowest BCUT2D eigenvalue weighted by atomic mass is 9.64. The summed E-state index contributed by atoms with van der Waals surface area (Å²) < 4.78 is 39.2. The van der Waals surface area contributed by atoms with Crippen LogP contribution in [0.15, 0.2) is 24.3 Å². The van der Waals surface area contributed by atoms with Crippen LogP contribution in [0.1, 0.15) is 50.0 Å². The van der Waals surface area contributed by atoms with Crippen molar-refractivity contribution >= 4 is 17.9 Å². The van der Waals surface area contributed by atoms with Gasteiger partial charge in [-0.25, -0.2) is 13.1 Å². The number of hydrogen-bond donors (Lipinski definition) is 1. The summed E-state index contributed by atoms with van der Waals surface area (Å²) in [6.45, 7) is 1.14. The Kier molecular flexibility index (Phi) is 6.05. The van der Waals surface area contributed by atoms with Gasteiger partial charge in [0.1, 0.15) is 5.75 Å². The standard InChI is InChI=1S/C21H30BNO4S/c1-28(24,25)23-20-7-4-5-14-12-27-21-8-3-2-6-17(21)16-10-9-15(11-19(16)22)26-13-18(14)20/h2-3,6,8,14-16,18-20,23H,4-5,7,9-13H2,1H3/t14?,15-,16-,18-,19?,20+/m1/s1. The Morgan fingerprint density at radius 2 is 1.93 bits per heavy atom. The number of sulfonamides is 1. The van der Waals surface area contributed by atoms with Gasteiger partial charge in [0.05, 0.1) is 33.4 Å². The van der Waals surface area contributed by atoms with Gasteiger partial charge in [0.2, 0.25) is 10.0 Å². The van der Waals surface area contributed by atoms with Crippen LogP contribution in [0.3, 0.4) is 0 Å². The van der Waals surface area contributed by atoms with Gasteiger partial charge in [-0.2, -0.15) is 0 Å². The molecule has 1 N–H and O–H groups in total. The molecule has 2 saturated carbocycles. The zero-order valence-electron chi connectivity index (χ0n) is 16.5. The Hall–Kier alpha value is -1.05. The number of rotatable bonds is 2. The van der Waals surface area contributed by atoms with Crippen LogP contribution >= 0.6 is 0 Å². The van der Waals surface area contributed by atoms with Crippen LogP contribution in [-0.2, 0) is 14.8 Å². The number of ether oxygens (including phenoxy) is 2. The minimum absolute atomic E-state index is 0.0509. The molecule has 4 aliphatic rings. The van der Waals surface area contributed by atoms with Crippen molar-refractivity contribution in [3.63, 3.8) is 0 Å². The molecule has 0 spiro atoms. The van der Waals surface area contributed by atoms with E-state index in [2.05, 4.69) is 16.9 Å². The monoisotopic (exact) mass is 403 g/mol. The molecule has 7 heteroatoms. The Morgan fingerprint density at radius 1 is 1.11 bits per heavy atom. The first kappa shape index (κ1) is 20.2. The molecular weight excluding hydrogens is 373 g/mol. The van der Waals surface area contributed by atoms with E-state index in [1.54, 1.807) is 0 Å².